The zero-order valence-corrected chi connectivity index (χ0v) is 19.0. The van der Waals surface area contributed by atoms with Crippen molar-refractivity contribution in [3.8, 4) is 28.0 Å². The zero-order chi connectivity index (χ0) is 23.4. The Hall–Kier alpha value is -2.73. The van der Waals surface area contributed by atoms with Gasteiger partial charge in [-0.15, -0.1) is 0 Å². The Labute approximate surface area is 194 Å². The van der Waals surface area contributed by atoms with Crippen LogP contribution in [0.15, 0.2) is 54.6 Å². The Morgan fingerprint density at radius 3 is 2.21 bits per heavy atom. The number of halogens is 3. The van der Waals surface area contributed by atoms with Crippen LogP contribution in [0.25, 0.3) is 22.3 Å². The molecule has 1 aliphatic heterocycles. The predicted octanol–water partition coefficient (Wildman–Crippen LogP) is 6.68. The Morgan fingerprint density at radius 2 is 1.61 bits per heavy atom. The molecule has 172 valence electrons. The van der Waals surface area contributed by atoms with E-state index in [0.717, 1.165) is 31.4 Å². The van der Waals surface area contributed by atoms with Crippen LogP contribution in [0.2, 0.25) is 0 Å². The maximum Gasteiger partial charge on any atom is 0.201 e. The lowest BCUT2D eigenvalue weighted by molar-refractivity contribution is -0.0195. The van der Waals surface area contributed by atoms with Gasteiger partial charge in [-0.25, -0.2) is 8.78 Å². The van der Waals surface area contributed by atoms with Crippen LogP contribution in [0.1, 0.15) is 44.3 Å². The minimum Gasteiger partial charge on any atom is -0.500 e. The molecule has 2 unspecified atom stereocenters. The minimum absolute atomic E-state index is 0.0680. The van der Waals surface area contributed by atoms with Crippen LogP contribution in [0, 0.1) is 23.4 Å². The summed E-state index contributed by atoms with van der Waals surface area (Å²) in [5, 5.41) is 0. The summed E-state index contributed by atoms with van der Waals surface area (Å²) in [6.07, 6.45) is 4.26. The van der Waals surface area contributed by atoms with E-state index in [-0.39, 0.29) is 29.7 Å². The van der Waals surface area contributed by atoms with E-state index in [9.17, 15) is 13.2 Å². The third-order valence-corrected chi connectivity index (χ3v) is 6.29. The molecule has 2 nitrogen and oxygen atoms in total. The Balaban J connectivity index is 1.51. The van der Waals surface area contributed by atoms with E-state index in [2.05, 4.69) is 6.92 Å². The van der Waals surface area contributed by atoms with Gasteiger partial charge in [-0.3, -0.25) is 0 Å². The van der Waals surface area contributed by atoms with Crippen molar-refractivity contribution in [3.63, 3.8) is 0 Å². The fourth-order valence-corrected chi connectivity index (χ4v) is 4.52. The third kappa shape index (κ3) is 5.11. The molecular weight excluding hydrogens is 424 g/mol. The second-order valence-corrected chi connectivity index (χ2v) is 8.54. The lowest BCUT2D eigenvalue weighted by atomic mass is 9.91. The van der Waals surface area contributed by atoms with E-state index in [0.29, 0.717) is 22.6 Å². The molecule has 0 aromatic heterocycles. The summed E-state index contributed by atoms with van der Waals surface area (Å²) in [6, 6.07) is 14.9. The van der Waals surface area contributed by atoms with Gasteiger partial charge < -0.3 is 9.47 Å². The van der Waals surface area contributed by atoms with Crippen LogP contribution in [0.5, 0.6) is 5.75 Å². The number of ether oxygens (including phenoxy) is 2. The second-order valence-electron chi connectivity index (χ2n) is 8.54. The highest BCUT2D eigenvalue weighted by molar-refractivity contribution is 6.08. The lowest BCUT2D eigenvalue weighted by Gasteiger charge is -2.29. The molecule has 0 radical (unpaired) electrons. The highest BCUT2D eigenvalue weighted by Crippen LogP contribution is 2.35. The first-order valence-corrected chi connectivity index (χ1v) is 11.6. The van der Waals surface area contributed by atoms with Gasteiger partial charge in [-0.1, -0.05) is 49.7 Å². The van der Waals surface area contributed by atoms with Gasteiger partial charge in [0, 0.05) is 11.1 Å². The van der Waals surface area contributed by atoms with Crippen molar-refractivity contribution in [1.29, 1.82) is 0 Å². The van der Waals surface area contributed by atoms with E-state index in [4.69, 9.17) is 9.47 Å². The molecule has 1 aliphatic rings. The highest BCUT2D eigenvalue weighted by Gasteiger charge is 2.23. The van der Waals surface area contributed by atoms with E-state index in [1.165, 1.54) is 18.6 Å². The molecule has 0 aliphatic carbocycles. The van der Waals surface area contributed by atoms with Crippen molar-refractivity contribution >= 4 is 7.85 Å². The van der Waals surface area contributed by atoms with E-state index < -0.39 is 11.6 Å². The predicted molar refractivity (Wildman–Crippen MR) is 128 cm³/mol. The Bertz CT molecular complexity index is 1090. The van der Waals surface area contributed by atoms with Gasteiger partial charge >= 0.3 is 0 Å². The van der Waals surface area contributed by atoms with Crippen molar-refractivity contribution in [3.05, 3.63) is 77.6 Å². The van der Waals surface area contributed by atoms with Gasteiger partial charge in [0.2, 0.25) is 5.82 Å². The summed E-state index contributed by atoms with van der Waals surface area (Å²) < 4.78 is 54.8. The van der Waals surface area contributed by atoms with E-state index in [1.54, 1.807) is 44.2 Å². The van der Waals surface area contributed by atoms with E-state index in [1.807, 2.05) is 6.07 Å². The first-order valence-electron chi connectivity index (χ1n) is 11.6. The van der Waals surface area contributed by atoms with Crippen molar-refractivity contribution in [2.45, 2.75) is 38.7 Å². The fraction of sp³-hybridized carbons (Fsp3) is 0.333. The topological polar surface area (TPSA) is 18.5 Å². The van der Waals surface area contributed by atoms with Gasteiger partial charge in [-0.05, 0) is 60.1 Å². The monoisotopic (exact) mass is 452 g/mol. The lowest BCUT2D eigenvalue weighted by Crippen LogP contribution is -2.20. The molecule has 0 bridgehead atoms. The molecule has 6 heteroatoms. The van der Waals surface area contributed by atoms with Crippen molar-refractivity contribution in [2.24, 2.45) is 5.92 Å². The first-order chi connectivity index (χ1) is 16.0. The van der Waals surface area contributed by atoms with Crippen molar-refractivity contribution in [1.82, 2.24) is 0 Å². The van der Waals surface area contributed by atoms with Gasteiger partial charge in [0.25, 0.3) is 0 Å². The summed E-state index contributed by atoms with van der Waals surface area (Å²) in [7, 11) is 1.71. The molecule has 33 heavy (non-hydrogen) atoms. The number of hydrogen-bond acceptors (Lipinski definition) is 2. The summed E-state index contributed by atoms with van der Waals surface area (Å²) in [4.78, 5) is 0. The molecule has 0 saturated carbocycles. The highest BCUT2D eigenvalue weighted by atomic mass is 19.2. The quantitative estimate of drug-likeness (QED) is 0.373. The summed E-state index contributed by atoms with van der Waals surface area (Å²) in [5.74, 6) is -1.80. The van der Waals surface area contributed by atoms with Crippen molar-refractivity contribution in [2.75, 3.05) is 13.1 Å². The molecule has 0 N–H and O–H groups in total. The SMILES string of the molecule is BCOc1ccc(-c2ccc(-c3ccc(C4CCC(CCC)CO4)cc3F)cc2)c(F)c1F. The Kier molecular flexibility index (Phi) is 7.44. The van der Waals surface area contributed by atoms with E-state index >= 15 is 0 Å². The van der Waals surface area contributed by atoms with Gasteiger partial charge in [0.1, 0.15) is 5.82 Å². The molecule has 0 amide bonds. The molecule has 3 aromatic carbocycles. The Morgan fingerprint density at radius 1 is 0.909 bits per heavy atom. The molecule has 1 fully saturated rings. The third-order valence-electron chi connectivity index (χ3n) is 6.29. The fourth-order valence-electron chi connectivity index (χ4n) is 4.52. The molecule has 1 saturated heterocycles. The number of benzene rings is 3. The minimum atomic E-state index is -1.01. The molecule has 2 atom stereocenters. The van der Waals surface area contributed by atoms with Crippen LogP contribution >= 0.6 is 0 Å². The average Bonchev–Trinajstić information content (AvgIpc) is 2.83. The van der Waals surface area contributed by atoms with Crippen LogP contribution in [-0.4, -0.2) is 21.0 Å². The maximum absolute atomic E-state index is 15.0. The van der Waals surface area contributed by atoms with Crippen molar-refractivity contribution < 1.29 is 22.6 Å². The van der Waals surface area contributed by atoms with Crippen LogP contribution in [-0.2, 0) is 4.74 Å². The smallest absolute Gasteiger partial charge is 0.201 e. The van der Waals surface area contributed by atoms with Gasteiger partial charge in [0.05, 0.1) is 19.2 Å². The van der Waals surface area contributed by atoms with Crippen LogP contribution in [0.3, 0.4) is 0 Å². The molecule has 4 rings (SSSR count). The maximum atomic E-state index is 15.0. The molecule has 0 spiro atoms. The van der Waals surface area contributed by atoms with Gasteiger partial charge in [0.15, 0.2) is 19.4 Å². The molecule has 3 aromatic rings. The average molecular weight is 452 g/mol. The summed E-state index contributed by atoms with van der Waals surface area (Å²) in [5.41, 5.74) is 2.63. The standard InChI is InChI=1S/C27H28BF3O2/c1-2-3-17-4-12-24(32-15-17)20-9-10-21(23(29)14-20)18-5-7-19(8-6-18)22-11-13-25(33-16-28)27(31)26(22)30/h5-11,13-14,17,24H,2-4,12,15-16,28H2,1H3. The number of rotatable bonds is 7. The van der Waals surface area contributed by atoms with Gasteiger partial charge in [-0.2, -0.15) is 4.39 Å². The largest absolute Gasteiger partial charge is 0.500 e. The summed E-state index contributed by atoms with van der Waals surface area (Å²) in [6.45, 7) is 3.16. The first kappa shape index (κ1) is 23.4. The normalized spacial score (nSPS) is 18.3. The molecule has 1 heterocycles. The number of hydrogen-bond donors (Lipinski definition) is 0. The molecular formula is C27H28BF3O2. The van der Waals surface area contributed by atoms with Crippen LogP contribution < -0.4 is 4.74 Å². The summed E-state index contributed by atoms with van der Waals surface area (Å²) >= 11 is 0. The van der Waals surface area contributed by atoms with Crippen LogP contribution in [0.4, 0.5) is 13.2 Å². The zero-order valence-electron chi connectivity index (χ0n) is 19.0. The second kappa shape index (κ2) is 10.5.